The number of nitrogens with two attached hydrogens (primary N) is 1. The van der Waals surface area contributed by atoms with Gasteiger partial charge in [0.15, 0.2) is 0 Å². The zero-order chi connectivity index (χ0) is 21.8. The molecule has 0 spiro atoms. The molecule has 4 rings (SSSR count). The van der Waals surface area contributed by atoms with Crippen molar-refractivity contribution in [2.75, 3.05) is 46.4 Å². The summed E-state index contributed by atoms with van der Waals surface area (Å²) in [4.78, 5) is 16.2. The van der Waals surface area contributed by atoms with Gasteiger partial charge in [0.25, 0.3) is 0 Å². The van der Waals surface area contributed by atoms with Gasteiger partial charge >= 0.3 is 0 Å². The lowest BCUT2D eigenvalue weighted by molar-refractivity contribution is 0.0509. The highest BCUT2D eigenvalue weighted by molar-refractivity contribution is 6.01. The van der Waals surface area contributed by atoms with Crippen LogP contribution in [0.2, 0.25) is 0 Å². The van der Waals surface area contributed by atoms with Crippen molar-refractivity contribution >= 4 is 16.7 Å². The number of hydrogen-bond acceptors (Lipinski definition) is 5. The Labute approximate surface area is 182 Å². The number of benzene rings is 3. The molecule has 1 aliphatic heterocycles. The van der Waals surface area contributed by atoms with Gasteiger partial charge in [-0.1, -0.05) is 42.5 Å². The summed E-state index contributed by atoms with van der Waals surface area (Å²) in [6, 6.07) is 19.3. The van der Waals surface area contributed by atoms with Gasteiger partial charge in [0.2, 0.25) is 5.91 Å². The van der Waals surface area contributed by atoms with Gasteiger partial charge in [-0.25, -0.2) is 0 Å². The molecular weight excluding hydrogens is 390 g/mol. The van der Waals surface area contributed by atoms with Gasteiger partial charge in [0, 0.05) is 43.7 Å². The van der Waals surface area contributed by atoms with Crippen molar-refractivity contribution in [1.29, 1.82) is 0 Å². The van der Waals surface area contributed by atoms with Crippen LogP contribution < -0.4 is 10.5 Å². The van der Waals surface area contributed by atoms with Crippen molar-refractivity contribution in [3.8, 4) is 16.9 Å². The number of amides is 1. The molecule has 0 aromatic heterocycles. The summed E-state index contributed by atoms with van der Waals surface area (Å²) in [5.41, 5.74) is 7.86. The van der Waals surface area contributed by atoms with E-state index in [4.69, 9.17) is 10.5 Å². The molecule has 1 amide bonds. The average Bonchev–Trinajstić information content (AvgIpc) is 2.79. The number of carbonyl (C=O) groups is 1. The monoisotopic (exact) mass is 419 g/mol. The Kier molecular flexibility index (Phi) is 6.51. The molecule has 3 aromatic carbocycles. The van der Waals surface area contributed by atoms with Crippen LogP contribution in [0.3, 0.4) is 0 Å². The van der Waals surface area contributed by atoms with Crippen molar-refractivity contribution in [3.63, 3.8) is 0 Å². The van der Waals surface area contributed by atoms with Crippen LogP contribution in [0.25, 0.3) is 21.9 Å². The minimum absolute atomic E-state index is 0.243. The third-order valence-electron chi connectivity index (χ3n) is 5.84. The van der Waals surface area contributed by atoms with Gasteiger partial charge in [-0.15, -0.1) is 0 Å². The first kappa shape index (κ1) is 21.3. The summed E-state index contributed by atoms with van der Waals surface area (Å²) in [6.07, 6.45) is -0.547. The maximum absolute atomic E-state index is 11.6. The summed E-state index contributed by atoms with van der Waals surface area (Å²) in [5, 5.41) is 12.5. The molecule has 0 radical (unpaired) electrons. The van der Waals surface area contributed by atoms with E-state index in [1.54, 1.807) is 6.07 Å². The zero-order valence-corrected chi connectivity index (χ0v) is 17.8. The second-order valence-corrected chi connectivity index (χ2v) is 8.17. The number of ether oxygens (including phenoxy) is 1. The lowest BCUT2D eigenvalue weighted by atomic mass is 9.96. The normalized spacial score (nSPS) is 16.3. The molecule has 3 N–H and O–H groups in total. The minimum atomic E-state index is -0.547. The predicted molar refractivity (Wildman–Crippen MR) is 123 cm³/mol. The quantitative estimate of drug-likeness (QED) is 0.615. The van der Waals surface area contributed by atoms with Crippen molar-refractivity contribution < 1.29 is 14.6 Å². The number of aliphatic hydroxyl groups is 1. The first-order valence-electron chi connectivity index (χ1n) is 10.6. The van der Waals surface area contributed by atoms with E-state index in [1.807, 2.05) is 54.6 Å². The summed E-state index contributed by atoms with van der Waals surface area (Å²) in [7, 11) is 2.12. The lowest BCUT2D eigenvalue weighted by Gasteiger charge is -2.33. The van der Waals surface area contributed by atoms with E-state index in [1.165, 1.54) is 0 Å². The van der Waals surface area contributed by atoms with Gasteiger partial charge < -0.3 is 20.5 Å². The first-order valence-corrected chi connectivity index (χ1v) is 10.6. The van der Waals surface area contributed by atoms with E-state index < -0.39 is 12.0 Å². The topological polar surface area (TPSA) is 79.0 Å². The highest BCUT2D eigenvalue weighted by atomic mass is 16.5. The predicted octanol–water partition coefficient (Wildman–Crippen LogP) is 2.59. The molecule has 1 heterocycles. The van der Waals surface area contributed by atoms with Crippen LogP contribution in [0, 0.1) is 0 Å². The van der Waals surface area contributed by atoms with Gasteiger partial charge in [0.05, 0.1) is 0 Å². The van der Waals surface area contributed by atoms with E-state index >= 15 is 0 Å². The molecule has 1 saturated heterocycles. The molecule has 1 aliphatic rings. The summed E-state index contributed by atoms with van der Waals surface area (Å²) in [6.45, 7) is 4.84. The summed E-state index contributed by atoms with van der Waals surface area (Å²) < 4.78 is 6.04. The van der Waals surface area contributed by atoms with Gasteiger partial charge in [-0.2, -0.15) is 0 Å². The molecule has 1 atom stereocenters. The number of carbonyl (C=O) groups excluding carboxylic acids is 1. The van der Waals surface area contributed by atoms with Crippen LogP contribution in [0.5, 0.6) is 5.75 Å². The van der Waals surface area contributed by atoms with E-state index in [9.17, 15) is 9.90 Å². The molecule has 1 unspecified atom stereocenters. The number of aliphatic hydroxyl groups excluding tert-OH is 1. The number of rotatable bonds is 7. The van der Waals surface area contributed by atoms with Crippen molar-refractivity contribution in [3.05, 3.63) is 66.2 Å². The fraction of sp³-hybridized carbons (Fsp3) is 0.320. The Morgan fingerprint density at radius 3 is 2.52 bits per heavy atom. The van der Waals surface area contributed by atoms with E-state index in [-0.39, 0.29) is 6.61 Å². The van der Waals surface area contributed by atoms with Crippen LogP contribution in [0.4, 0.5) is 0 Å². The van der Waals surface area contributed by atoms with E-state index in [0.29, 0.717) is 12.1 Å². The smallest absolute Gasteiger partial charge is 0.248 e. The average molecular weight is 420 g/mol. The maximum Gasteiger partial charge on any atom is 0.248 e. The van der Waals surface area contributed by atoms with Gasteiger partial charge in [-0.05, 0) is 41.8 Å². The molecule has 0 aliphatic carbocycles. The molecule has 0 saturated carbocycles. The number of hydrogen-bond donors (Lipinski definition) is 2. The largest absolute Gasteiger partial charge is 0.490 e. The van der Waals surface area contributed by atoms with Crippen LogP contribution in [-0.4, -0.2) is 73.3 Å². The Balaban J connectivity index is 1.52. The number of primary amides is 1. The molecule has 6 heteroatoms. The molecular formula is C25H29N3O3. The summed E-state index contributed by atoms with van der Waals surface area (Å²) in [5.74, 6) is 0.295. The van der Waals surface area contributed by atoms with Crippen molar-refractivity contribution in [2.24, 2.45) is 5.73 Å². The Morgan fingerprint density at radius 1 is 1.03 bits per heavy atom. The zero-order valence-electron chi connectivity index (χ0n) is 17.8. The molecule has 1 fully saturated rings. The third kappa shape index (κ3) is 5.05. The fourth-order valence-electron chi connectivity index (χ4n) is 4.06. The van der Waals surface area contributed by atoms with Gasteiger partial charge in [-0.3, -0.25) is 9.69 Å². The number of likely N-dealkylation sites (N-methyl/N-ethyl adjacent to an activating group) is 1. The third-order valence-corrected chi connectivity index (χ3v) is 5.84. The van der Waals surface area contributed by atoms with Crippen molar-refractivity contribution in [1.82, 2.24) is 9.80 Å². The number of nitrogens with zero attached hydrogens (tertiary/aromatic N) is 2. The Morgan fingerprint density at radius 2 is 1.77 bits per heavy atom. The number of fused-ring (bicyclic) bond motifs is 1. The molecule has 31 heavy (non-hydrogen) atoms. The van der Waals surface area contributed by atoms with Crippen LogP contribution in [-0.2, 0) is 0 Å². The number of piperazine rings is 1. The Bertz CT molecular complexity index is 1060. The van der Waals surface area contributed by atoms with Crippen LogP contribution in [0.15, 0.2) is 60.7 Å². The second kappa shape index (κ2) is 9.47. The maximum atomic E-state index is 11.6. The Hall–Kier alpha value is -2.93. The highest BCUT2D eigenvalue weighted by Crippen LogP contribution is 2.34. The first-order chi connectivity index (χ1) is 15.0. The SMILES string of the molecule is CN1CCN(CC(O)COc2ccc(-c3cccc(C(N)=O)c3)c3ccccc23)CC1. The second-order valence-electron chi connectivity index (χ2n) is 8.17. The van der Waals surface area contributed by atoms with E-state index in [0.717, 1.165) is 53.8 Å². The number of β-amino-alcohol motifs (C(OH)–C–C–N with tert-alkyl or cyclic N) is 1. The highest BCUT2D eigenvalue weighted by Gasteiger charge is 2.18. The van der Waals surface area contributed by atoms with E-state index in [2.05, 4.69) is 16.8 Å². The molecule has 6 nitrogen and oxygen atoms in total. The standard InChI is InChI=1S/C25H29N3O3/c1-27-11-13-28(14-12-27)16-20(29)17-31-24-10-9-21(22-7-2-3-8-23(22)24)18-5-4-6-19(15-18)25(26)30/h2-10,15,20,29H,11-14,16-17H2,1H3,(H2,26,30). The van der Waals surface area contributed by atoms with Gasteiger partial charge in [0.1, 0.15) is 18.5 Å². The lowest BCUT2D eigenvalue weighted by Crippen LogP contribution is -2.47. The summed E-state index contributed by atoms with van der Waals surface area (Å²) >= 11 is 0. The van der Waals surface area contributed by atoms with Crippen LogP contribution >= 0.6 is 0 Å². The molecule has 3 aromatic rings. The molecule has 0 bridgehead atoms. The van der Waals surface area contributed by atoms with Crippen molar-refractivity contribution in [2.45, 2.75) is 6.10 Å². The molecule has 162 valence electrons. The minimum Gasteiger partial charge on any atom is -0.490 e. The fourth-order valence-corrected chi connectivity index (χ4v) is 4.06. The van der Waals surface area contributed by atoms with Crippen LogP contribution in [0.1, 0.15) is 10.4 Å².